The van der Waals surface area contributed by atoms with Crippen molar-refractivity contribution < 1.29 is 9.84 Å². The Morgan fingerprint density at radius 3 is 2.52 bits per heavy atom. The smallest absolute Gasteiger partial charge is 0.0717 e. The molecule has 0 spiro atoms. The van der Waals surface area contributed by atoms with E-state index < -0.39 is 0 Å². The van der Waals surface area contributed by atoms with Gasteiger partial charge in [-0.1, -0.05) is 51.1 Å². The Kier molecular flexibility index (Phi) is 6.63. The van der Waals surface area contributed by atoms with E-state index in [1.807, 2.05) is 18.2 Å². The van der Waals surface area contributed by atoms with Gasteiger partial charge in [0.1, 0.15) is 0 Å². The van der Waals surface area contributed by atoms with Gasteiger partial charge in [-0.2, -0.15) is 0 Å². The summed E-state index contributed by atoms with van der Waals surface area (Å²) < 4.78 is 5.82. The summed E-state index contributed by atoms with van der Waals surface area (Å²) in [6, 6.07) is 10.7. The predicted molar refractivity (Wildman–Crippen MR) is 95.3 cm³/mol. The lowest BCUT2D eigenvalue weighted by atomic mass is 9.68. The van der Waals surface area contributed by atoms with Gasteiger partial charge in [0.05, 0.1) is 19.3 Å². The van der Waals surface area contributed by atoms with E-state index in [0.29, 0.717) is 18.6 Å². The third kappa shape index (κ3) is 5.59. The molecule has 0 aromatic heterocycles. The maximum Gasteiger partial charge on any atom is 0.0717 e. The van der Waals surface area contributed by atoms with Crippen molar-refractivity contribution in [1.29, 1.82) is 0 Å². The van der Waals surface area contributed by atoms with E-state index in [9.17, 15) is 5.11 Å². The van der Waals surface area contributed by atoms with Gasteiger partial charge < -0.3 is 14.7 Å². The molecular weight excluding hydrogens is 286 g/mol. The molecule has 3 unspecified atom stereocenters. The van der Waals surface area contributed by atoms with E-state index in [2.05, 4.69) is 44.9 Å². The van der Waals surface area contributed by atoms with Crippen molar-refractivity contribution in [2.75, 3.05) is 20.2 Å². The minimum absolute atomic E-state index is 0.147. The molecule has 3 nitrogen and oxygen atoms in total. The van der Waals surface area contributed by atoms with Crippen LogP contribution < -0.4 is 0 Å². The van der Waals surface area contributed by atoms with Crippen molar-refractivity contribution in [3.63, 3.8) is 0 Å². The summed E-state index contributed by atoms with van der Waals surface area (Å²) in [4.78, 5) is 2.39. The average molecular weight is 319 g/mol. The predicted octanol–water partition coefficient (Wildman–Crippen LogP) is 3.71. The van der Waals surface area contributed by atoms with Crippen molar-refractivity contribution in [2.45, 2.75) is 58.8 Å². The Hall–Kier alpha value is -0.900. The van der Waals surface area contributed by atoms with Crippen molar-refractivity contribution in [2.24, 2.45) is 11.3 Å². The zero-order valence-corrected chi connectivity index (χ0v) is 15.2. The monoisotopic (exact) mass is 319 g/mol. The molecule has 1 aromatic rings. The van der Waals surface area contributed by atoms with Gasteiger partial charge in [-0.05, 0) is 43.2 Å². The van der Waals surface area contributed by atoms with Crippen LogP contribution in [0.15, 0.2) is 30.3 Å². The van der Waals surface area contributed by atoms with Crippen LogP contribution in [0.1, 0.15) is 45.6 Å². The first-order valence-electron chi connectivity index (χ1n) is 8.88. The number of benzene rings is 1. The summed E-state index contributed by atoms with van der Waals surface area (Å²) >= 11 is 0. The first kappa shape index (κ1) is 18.4. The van der Waals surface area contributed by atoms with Gasteiger partial charge >= 0.3 is 0 Å². The first-order valence-corrected chi connectivity index (χ1v) is 8.88. The molecule has 130 valence electrons. The number of likely N-dealkylation sites (N-methyl/N-ethyl adjacent to an activating group) is 1. The van der Waals surface area contributed by atoms with Gasteiger partial charge in [-0.25, -0.2) is 0 Å². The van der Waals surface area contributed by atoms with E-state index in [0.717, 1.165) is 32.4 Å². The number of rotatable bonds is 6. The minimum atomic E-state index is -0.147. The highest BCUT2D eigenvalue weighted by molar-refractivity contribution is 5.13. The molecule has 0 radical (unpaired) electrons. The highest BCUT2D eigenvalue weighted by Crippen LogP contribution is 2.40. The zero-order valence-electron chi connectivity index (χ0n) is 15.2. The van der Waals surface area contributed by atoms with Crippen molar-refractivity contribution in [1.82, 2.24) is 4.90 Å². The molecule has 3 atom stereocenters. The van der Waals surface area contributed by atoms with Crippen molar-refractivity contribution in [3.05, 3.63) is 35.9 Å². The lowest BCUT2D eigenvalue weighted by molar-refractivity contribution is -0.0127. The third-order valence-electron chi connectivity index (χ3n) is 5.17. The summed E-state index contributed by atoms with van der Waals surface area (Å²) in [5.74, 6) is 0.630. The molecule has 0 aliphatic heterocycles. The fourth-order valence-corrected chi connectivity index (χ4v) is 3.76. The number of hydrogen-bond acceptors (Lipinski definition) is 3. The molecular formula is C20H33NO2. The molecule has 1 aliphatic rings. The molecule has 1 aliphatic carbocycles. The molecule has 0 saturated heterocycles. The Bertz CT molecular complexity index is 454. The molecule has 0 amide bonds. The van der Waals surface area contributed by atoms with Gasteiger partial charge in [0, 0.05) is 12.6 Å². The largest absolute Gasteiger partial charge is 0.393 e. The lowest BCUT2D eigenvalue weighted by Gasteiger charge is -2.46. The van der Waals surface area contributed by atoms with Gasteiger partial charge in [0.2, 0.25) is 0 Å². The SMILES string of the molecule is CN(CCOCc1ccccc1)C1CC(O)CCC1C(C)(C)C. The number of ether oxygens (including phenoxy) is 1. The Balaban J connectivity index is 1.81. The van der Waals surface area contributed by atoms with Crippen LogP contribution in [0.25, 0.3) is 0 Å². The summed E-state index contributed by atoms with van der Waals surface area (Å²) in [6.07, 6.45) is 2.80. The second-order valence-electron chi connectivity index (χ2n) is 8.03. The molecule has 1 fully saturated rings. The fourth-order valence-electron chi connectivity index (χ4n) is 3.76. The van der Waals surface area contributed by atoms with E-state index in [1.54, 1.807) is 0 Å². The second-order valence-corrected chi connectivity index (χ2v) is 8.03. The van der Waals surface area contributed by atoms with Crippen LogP contribution >= 0.6 is 0 Å². The summed E-state index contributed by atoms with van der Waals surface area (Å²) in [5.41, 5.74) is 1.50. The number of aliphatic hydroxyl groups excluding tert-OH is 1. The number of hydrogen-bond donors (Lipinski definition) is 1. The molecule has 3 heteroatoms. The lowest BCUT2D eigenvalue weighted by Crippen LogP contribution is -2.49. The normalized spacial score (nSPS) is 25.7. The Morgan fingerprint density at radius 2 is 1.87 bits per heavy atom. The Labute approximate surface area is 141 Å². The molecule has 23 heavy (non-hydrogen) atoms. The summed E-state index contributed by atoms with van der Waals surface area (Å²) in [7, 11) is 2.17. The van der Waals surface area contributed by atoms with Crippen molar-refractivity contribution >= 4 is 0 Å². The molecule has 1 aromatic carbocycles. The quantitative estimate of drug-likeness (QED) is 0.811. The minimum Gasteiger partial charge on any atom is -0.393 e. The molecule has 2 rings (SSSR count). The van der Waals surface area contributed by atoms with Crippen LogP contribution in [-0.2, 0) is 11.3 Å². The highest BCUT2D eigenvalue weighted by atomic mass is 16.5. The molecule has 1 saturated carbocycles. The third-order valence-corrected chi connectivity index (χ3v) is 5.17. The maximum absolute atomic E-state index is 10.1. The molecule has 1 N–H and O–H groups in total. The average Bonchev–Trinajstić information content (AvgIpc) is 2.51. The summed E-state index contributed by atoms with van der Waals surface area (Å²) in [6.45, 7) is 9.28. The van der Waals surface area contributed by atoms with Crippen molar-refractivity contribution in [3.8, 4) is 0 Å². The van der Waals surface area contributed by atoms with Gasteiger partial charge in [0.25, 0.3) is 0 Å². The number of nitrogens with zero attached hydrogens (tertiary/aromatic N) is 1. The van der Waals surface area contributed by atoms with Crippen LogP contribution in [0.5, 0.6) is 0 Å². The van der Waals surface area contributed by atoms with E-state index >= 15 is 0 Å². The van der Waals surface area contributed by atoms with Crippen LogP contribution in [0.2, 0.25) is 0 Å². The second kappa shape index (κ2) is 8.27. The van der Waals surface area contributed by atoms with Crippen LogP contribution in [0.4, 0.5) is 0 Å². The van der Waals surface area contributed by atoms with Crippen LogP contribution in [-0.4, -0.2) is 42.4 Å². The fraction of sp³-hybridized carbons (Fsp3) is 0.700. The van der Waals surface area contributed by atoms with Crippen LogP contribution in [0.3, 0.4) is 0 Å². The van der Waals surface area contributed by atoms with E-state index in [4.69, 9.17) is 4.74 Å². The van der Waals surface area contributed by atoms with Gasteiger partial charge in [-0.15, -0.1) is 0 Å². The molecule has 0 bridgehead atoms. The summed E-state index contributed by atoms with van der Waals surface area (Å²) in [5, 5.41) is 10.1. The maximum atomic E-state index is 10.1. The highest BCUT2D eigenvalue weighted by Gasteiger charge is 2.38. The number of aliphatic hydroxyl groups is 1. The van der Waals surface area contributed by atoms with Gasteiger partial charge in [-0.3, -0.25) is 0 Å². The van der Waals surface area contributed by atoms with Gasteiger partial charge in [0.15, 0.2) is 0 Å². The zero-order chi connectivity index (χ0) is 16.9. The van der Waals surface area contributed by atoms with E-state index in [1.165, 1.54) is 5.56 Å². The topological polar surface area (TPSA) is 32.7 Å². The molecule has 0 heterocycles. The van der Waals surface area contributed by atoms with E-state index in [-0.39, 0.29) is 11.5 Å². The standard InChI is InChI=1S/C20H33NO2/c1-20(2,3)18-11-10-17(22)14-19(18)21(4)12-13-23-15-16-8-6-5-7-9-16/h5-9,17-19,22H,10-15H2,1-4H3. The van der Waals surface area contributed by atoms with Crippen LogP contribution in [0, 0.1) is 11.3 Å². The first-order chi connectivity index (χ1) is 10.9. The Morgan fingerprint density at radius 1 is 1.17 bits per heavy atom.